The normalized spacial score (nSPS) is 22.1. The minimum atomic E-state index is -1.95. The van der Waals surface area contributed by atoms with Gasteiger partial charge < -0.3 is 25.2 Å². The van der Waals surface area contributed by atoms with Gasteiger partial charge in [-0.1, -0.05) is 23.8 Å². The number of aliphatic hydroxyl groups is 4. The van der Waals surface area contributed by atoms with Gasteiger partial charge >= 0.3 is 0 Å². The Morgan fingerprint density at radius 3 is 2.68 bits per heavy atom. The van der Waals surface area contributed by atoms with Crippen LogP contribution in [0.15, 0.2) is 18.2 Å². The van der Waals surface area contributed by atoms with Gasteiger partial charge in [-0.2, -0.15) is 0 Å². The van der Waals surface area contributed by atoms with Crippen molar-refractivity contribution >= 4 is 0 Å². The van der Waals surface area contributed by atoms with Crippen LogP contribution in [0.3, 0.4) is 0 Å². The summed E-state index contributed by atoms with van der Waals surface area (Å²) in [5.41, 5.74) is 3.35. The summed E-state index contributed by atoms with van der Waals surface area (Å²) in [7, 11) is 0. The van der Waals surface area contributed by atoms with Gasteiger partial charge in [0.15, 0.2) is 6.29 Å². The molecule has 2 rings (SSSR count). The Balaban J connectivity index is 2.11. The van der Waals surface area contributed by atoms with Gasteiger partial charge in [0.05, 0.1) is 18.8 Å². The molecule has 0 aliphatic carbocycles. The molecule has 0 bridgehead atoms. The van der Waals surface area contributed by atoms with Gasteiger partial charge in [0.2, 0.25) is 0 Å². The monoisotopic (exact) mass is 268 g/mol. The molecule has 19 heavy (non-hydrogen) atoms. The molecule has 1 aromatic carbocycles. The summed E-state index contributed by atoms with van der Waals surface area (Å²) in [6, 6.07) is 6.03. The van der Waals surface area contributed by atoms with Crippen LogP contribution in [0, 0.1) is 6.92 Å². The van der Waals surface area contributed by atoms with Crippen LogP contribution in [0.1, 0.15) is 29.2 Å². The number of benzene rings is 1. The van der Waals surface area contributed by atoms with E-state index in [2.05, 4.69) is 6.07 Å². The lowest BCUT2D eigenvalue weighted by Gasteiger charge is -2.29. The molecule has 3 atom stereocenters. The molecule has 5 nitrogen and oxygen atoms in total. The predicted octanol–water partition coefficient (Wildman–Crippen LogP) is 0.0314. The van der Waals surface area contributed by atoms with Gasteiger partial charge in [-0.25, -0.2) is 0 Å². The van der Waals surface area contributed by atoms with Gasteiger partial charge in [0.25, 0.3) is 0 Å². The second-order valence-corrected chi connectivity index (χ2v) is 5.02. The molecule has 106 valence electrons. The Hall–Kier alpha value is -0.980. The van der Waals surface area contributed by atoms with Crippen molar-refractivity contribution in [2.75, 3.05) is 6.61 Å². The second-order valence-electron chi connectivity index (χ2n) is 5.02. The number of rotatable bonds is 4. The number of fused-ring (bicyclic) bond motifs is 1. The van der Waals surface area contributed by atoms with Crippen LogP contribution in [0.4, 0.5) is 0 Å². The summed E-state index contributed by atoms with van der Waals surface area (Å²) < 4.78 is 5.61. The second kappa shape index (κ2) is 5.98. The highest BCUT2D eigenvalue weighted by molar-refractivity contribution is 5.34. The Bertz CT molecular complexity index is 432. The van der Waals surface area contributed by atoms with Gasteiger partial charge in [-0.05, 0) is 24.5 Å². The number of hydrogen-bond acceptors (Lipinski definition) is 5. The minimum absolute atomic E-state index is 0.134. The number of ether oxygens (including phenoxy) is 1. The molecule has 1 aromatic rings. The summed E-state index contributed by atoms with van der Waals surface area (Å²) in [5.74, 6) is 0. The summed E-state index contributed by atoms with van der Waals surface area (Å²) in [5, 5.41) is 36.9. The first-order valence-electron chi connectivity index (χ1n) is 6.42. The molecule has 3 unspecified atom stereocenters. The van der Waals surface area contributed by atoms with Gasteiger partial charge in [-0.15, -0.1) is 0 Å². The molecule has 4 N–H and O–H groups in total. The molecule has 1 aliphatic rings. The fraction of sp³-hybridized carbons (Fsp3) is 0.571. The summed E-state index contributed by atoms with van der Waals surface area (Å²) in [4.78, 5) is 0. The summed E-state index contributed by atoms with van der Waals surface area (Å²) >= 11 is 0. The maximum atomic E-state index is 9.77. The quantitative estimate of drug-likeness (QED) is 0.579. The first-order chi connectivity index (χ1) is 8.99. The smallest absolute Gasteiger partial charge is 0.180 e. The Morgan fingerprint density at radius 1 is 1.26 bits per heavy atom. The highest BCUT2D eigenvalue weighted by Crippen LogP contribution is 2.31. The first-order valence-corrected chi connectivity index (χ1v) is 6.42. The van der Waals surface area contributed by atoms with Crippen molar-refractivity contribution in [2.24, 2.45) is 0 Å². The molecule has 0 saturated heterocycles. The lowest BCUT2D eigenvalue weighted by molar-refractivity contribution is -0.164. The minimum Gasteiger partial charge on any atom is -0.390 e. The molecule has 0 aromatic heterocycles. The Labute approximate surface area is 112 Å². The van der Waals surface area contributed by atoms with Crippen molar-refractivity contribution in [3.63, 3.8) is 0 Å². The highest BCUT2D eigenvalue weighted by Gasteiger charge is 2.29. The van der Waals surface area contributed by atoms with Gasteiger partial charge in [0.1, 0.15) is 6.10 Å². The highest BCUT2D eigenvalue weighted by atomic mass is 16.5. The van der Waals surface area contributed by atoms with Crippen molar-refractivity contribution in [3.8, 4) is 0 Å². The van der Waals surface area contributed by atoms with Gasteiger partial charge in [0, 0.05) is 6.42 Å². The van der Waals surface area contributed by atoms with Crippen LogP contribution < -0.4 is 0 Å². The topological polar surface area (TPSA) is 90.2 Å². The third kappa shape index (κ3) is 3.32. The molecule has 5 heteroatoms. The van der Waals surface area contributed by atoms with Crippen molar-refractivity contribution in [2.45, 2.75) is 44.4 Å². The van der Waals surface area contributed by atoms with Crippen LogP contribution >= 0.6 is 0 Å². The number of aliphatic hydroxyl groups excluding tert-OH is 3. The van der Waals surface area contributed by atoms with Crippen molar-refractivity contribution in [3.05, 3.63) is 34.9 Å². The number of hydrogen-bond donors (Lipinski definition) is 4. The largest absolute Gasteiger partial charge is 0.390 e. The standard InChI is InChI=1S/C14H20O5/c1-8-2-3-10-9(6-8)4-5-19-12(10)7-11(15)13(16)14(17)18/h2-3,6,11-18H,4-5,7H2,1H3. The van der Waals surface area contributed by atoms with E-state index in [0.29, 0.717) is 6.61 Å². The lowest BCUT2D eigenvalue weighted by Crippen LogP contribution is -2.38. The molecule has 1 aliphatic heterocycles. The van der Waals surface area contributed by atoms with Crippen LogP contribution in [0.2, 0.25) is 0 Å². The first kappa shape index (κ1) is 14.4. The van der Waals surface area contributed by atoms with E-state index >= 15 is 0 Å². The third-order valence-electron chi connectivity index (χ3n) is 3.49. The maximum absolute atomic E-state index is 9.77. The molecule has 0 spiro atoms. The van der Waals surface area contributed by atoms with E-state index in [4.69, 9.17) is 14.9 Å². The van der Waals surface area contributed by atoms with Crippen molar-refractivity contribution < 1.29 is 25.2 Å². The average molecular weight is 268 g/mol. The number of aryl methyl sites for hydroxylation is 1. The molecule has 0 saturated carbocycles. The summed E-state index contributed by atoms with van der Waals surface area (Å²) in [6.45, 7) is 2.58. The van der Waals surface area contributed by atoms with E-state index in [0.717, 1.165) is 12.0 Å². The van der Waals surface area contributed by atoms with Crippen molar-refractivity contribution in [1.29, 1.82) is 0 Å². The lowest BCUT2D eigenvalue weighted by atomic mass is 9.92. The fourth-order valence-corrected chi connectivity index (χ4v) is 2.42. The Morgan fingerprint density at radius 2 is 2.00 bits per heavy atom. The molecular weight excluding hydrogens is 248 g/mol. The van der Waals surface area contributed by atoms with E-state index in [1.165, 1.54) is 11.1 Å². The maximum Gasteiger partial charge on any atom is 0.180 e. The van der Waals surface area contributed by atoms with Crippen LogP contribution in [-0.4, -0.2) is 45.5 Å². The zero-order valence-corrected chi connectivity index (χ0v) is 10.9. The molecular formula is C14H20O5. The third-order valence-corrected chi connectivity index (χ3v) is 3.49. The fourth-order valence-electron chi connectivity index (χ4n) is 2.42. The molecule has 0 fully saturated rings. The summed E-state index contributed by atoms with van der Waals surface area (Å²) in [6.07, 6.45) is -4.13. The van der Waals surface area contributed by atoms with E-state index in [-0.39, 0.29) is 12.5 Å². The van der Waals surface area contributed by atoms with Crippen LogP contribution in [0.5, 0.6) is 0 Å². The molecule has 0 amide bonds. The molecule has 1 heterocycles. The zero-order chi connectivity index (χ0) is 14.0. The predicted molar refractivity (Wildman–Crippen MR) is 68.4 cm³/mol. The van der Waals surface area contributed by atoms with E-state index in [1.54, 1.807) is 0 Å². The van der Waals surface area contributed by atoms with E-state index < -0.39 is 18.5 Å². The Kier molecular flexibility index (Phi) is 4.54. The zero-order valence-electron chi connectivity index (χ0n) is 10.9. The average Bonchev–Trinajstić information content (AvgIpc) is 2.37. The SMILES string of the molecule is Cc1ccc2c(c1)CCOC2CC(O)C(O)C(O)O. The van der Waals surface area contributed by atoms with Crippen LogP contribution in [0.25, 0.3) is 0 Å². The van der Waals surface area contributed by atoms with Crippen molar-refractivity contribution in [1.82, 2.24) is 0 Å². The van der Waals surface area contributed by atoms with Crippen LogP contribution in [-0.2, 0) is 11.2 Å². The van der Waals surface area contributed by atoms with E-state index in [9.17, 15) is 10.2 Å². The molecule has 0 radical (unpaired) electrons. The van der Waals surface area contributed by atoms with Gasteiger partial charge in [-0.3, -0.25) is 0 Å². The van der Waals surface area contributed by atoms with E-state index in [1.807, 2.05) is 19.1 Å².